The lowest BCUT2D eigenvalue weighted by Crippen LogP contribution is -2.50. The topological polar surface area (TPSA) is 110 Å². The van der Waals surface area contributed by atoms with E-state index in [0.717, 1.165) is 27.5 Å². The van der Waals surface area contributed by atoms with Crippen molar-refractivity contribution in [2.45, 2.75) is 56.3 Å². The van der Waals surface area contributed by atoms with Crippen LogP contribution in [0, 0.1) is 0 Å². The molecule has 1 N–H and O–H groups in total. The average molecular weight is 621 g/mol. The first-order valence-corrected chi connectivity index (χ1v) is 16.0. The number of hydrogen-bond donors (Lipinski definition) is 1. The quantitative estimate of drug-likeness (QED) is 0.309. The van der Waals surface area contributed by atoms with E-state index in [1.165, 1.54) is 24.0 Å². The molecule has 3 aromatic carbocycles. The van der Waals surface area contributed by atoms with Crippen molar-refractivity contribution in [3.63, 3.8) is 0 Å². The Morgan fingerprint density at radius 1 is 1.16 bits per heavy atom. The summed E-state index contributed by atoms with van der Waals surface area (Å²) in [6, 6.07) is 15.6. The highest BCUT2D eigenvalue weighted by Gasteiger charge is 2.36. The van der Waals surface area contributed by atoms with E-state index >= 15 is 0 Å². The van der Waals surface area contributed by atoms with Gasteiger partial charge in [0.25, 0.3) is 10.0 Å². The van der Waals surface area contributed by atoms with Gasteiger partial charge in [0.1, 0.15) is 11.8 Å². The number of sulfonamides is 1. The van der Waals surface area contributed by atoms with E-state index in [-0.39, 0.29) is 17.4 Å². The summed E-state index contributed by atoms with van der Waals surface area (Å²) in [7, 11) is -1.98. The van der Waals surface area contributed by atoms with Gasteiger partial charge in [-0.2, -0.15) is 0 Å². The first kappa shape index (κ1) is 29.2. The molecule has 0 aliphatic carbocycles. The highest BCUT2D eigenvalue weighted by Crippen LogP contribution is 2.36. The van der Waals surface area contributed by atoms with Gasteiger partial charge in [-0.3, -0.25) is 14.0 Å². The van der Waals surface area contributed by atoms with Crippen LogP contribution in [0.25, 0.3) is 10.8 Å². The van der Waals surface area contributed by atoms with Crippen LogP contribution >= 0.6 is 11.6 Å². The zero-order valence-corrected chi connectivity index (χ0v) is 25.7. The SMILES string of the molecule is CC(C)N(C)Cc1ccc2c(c1)OCCC2n1cc(CC2C(=O)NC=CN2S(=O)(=O)c2ccc3c(Cl)cccc3c2)nn1. The molecule has 224 valence electrons. The second-order valence-electron chi connectivity index (χ2n) is 11.2. The van der Waals surface area contributed by atoms with Gasteiger partial charge < -0.3 is 10.1 Å². The second-order valence-corrected chi connectivity index (χ2v) is 13.5. The third-order valence-corrected chi connectivity index (χ3v) is 10.2. The van der Waals surface area contributed by atoms with E-state index in [2.05, 4.69) is 59.6 Å². The fourth-order valence-electron chi connectivity index (χ4n) is 5.46. The standard InChI is InChI=1S/C31H33ClN6O4S/c1-20(2)36(3)18-21-7-9-26-28(11-14-42-30(26)15-21)37-19-23(34-35-37)17-29-31(39)33-12-13-38(29)43(40,41)24-8-10-25-22(16-24)5-4-6-27(25)32/h4-10,12-13,15-16,19-20,28-29H,11,14,17-18H2,1-3H3,(H,33,39). The largest absolute Gasteiger partial charge is 0.493 e. The van der Waals surface area contributed by atoms with Crippen molar-refractivity contribution >= 4 is 38.3 Å². The Hall–Kier alpha value is -3.93. The predicted molar refractivity (Wildman–Crippen MR) is 164 cm³/mol. The van der Waals surface area contributed by atoms with Crippen LogP contribution in [-0.4, -0.2) is 64.3 Å². The molecule has 12 heteroatoms. The molecule has 2 atom stereocenters. The molecule has 3 heterocycles. The van der Waals surface area contributed by atoms with Crippen LogP contribution in [0.2, 0.25) is 5.02 Å². The summed E-state index contributed by atoms with van der Waals surface area (Å²) in [6.45, 7) is 5.68. The summed E-state index contributed by atoms with van der Waals surface area (Å²) in [5.74, 6) is 0.383. The molecule has 1 aromatic heterocycles. The first-order valence-electron chi connectivity index (χ1n) is 14.2. The number of nitrogens with zero attached hydrogens (tertiary/aromatic N) is 5. The van der Waals surface area contributed by atoms with E-state index in [9.17, 15) is 13.2 Å². The molecule has 43 heavy (non-hydrogen) atoms. The number of ether oxygens (including phenoxy) is 1. The maximum atomic E-state index is 13.8. The second kappa shape index (κ2) is 11.6. The Kier molecular flexibility index (Phi) is 7.89. The highest BCUT2D eigenvalue weighted by atomic mass is 35.5. The maximum Gasteiger partial charge on any atom is 0.264 e. The van der Waals surface area contributed by atoms with Crippen LogP contribution in [0.1, 0.15) is 43.1 Å². The minimum atomic E-state index is -4.07. The third-order valence-electron chi connectivity index (χ3n) is 8.11. The van der Waals surface area contributed by atoms with E-state index in [1.54, 1.807) is 41.2 Å². The van der Waals surface area contributed by atoms with Gasteiger partial charge in [-0.25, -0.2) is 13.1 Å². The van der Waals surface area contributed by atoms with Gasteiger partial charge in [0, 0.05) is 60.0 Å². The molecule has 2 unspecified atom stereocenters. The molecular formula is C31H33ClN6O4S. The number of halogens is 1. The van der Waals surface area contributed by atoms with Crippen molar-refractivity contribution in [2.75, 3.05) is 13.7 Å². The number of carbonyl (C=O) groups is 1. The van der Waals surface area contributed by atoms with Crippen LogP contribution < -0.4 is 10.1 Å². The third kappa shape index (κ3) is 5.72. The fraction of sp³-hybridized carbons (Fsp3) is 0.323. The van der Waals surface area contributed by atoms with Gasteiger partial charge in [-0.15, -0.1) is 5.10 Å². The maximum absolute atomic E-state index is 13.8. The summed E-state index contributed by atoms with van der Waals surface area (Å²) >= 11 is 6.28. The number of benzene rings is 3. The van der Waals surface area contributed by atoms with Crippen molar-refractivity contribution in [1.29, 1.82) is 0 Å². The number of rotatable bonds is 8. The minimum absolute atomic E-state index is 0.0470. The zero-order valence-electron chi connectivity index (χ0n) is 24.1. The molecule has 0 radical (unpaired) electrons. The first-order chi connectivity index (χ1) is 20.6. The molecule has 0 spiro atoms. The van der Waals surface area contributed by atoms with Gasteiger partial charge >= 0.3 is 0 Å². The highest BCUT2D eigenvalue weighted by molar-refractivity contribution is 7.89. The molecule has 2 aliphatic rings. The molecule has 0 saturated carbocycles. The molecule has 10 nitrogen and oxygen atoms in total. The summed E-state index contributed by atoms with van der Waals surface area (Å²) in [4.78, 5) is 15.3. The van der Waals surface area contributed by atoms with E-state index in [4.69, 9.17) is 16.3 Å². The molecule has 1 amide bonds. The monoisotopic (exact) mass is 620 g/mol. The Balaban J connectivity index is 1.24. The van der Waals surface area contributed by atoms with Crippen LogP contribution in [0.3, 0.4) is 0 Å². The summed E-state index contributed by atoms with van der Waals surface area (Å²) in [5, 5.41) is 13.3. The van der Waals surface area contributed by atoms with E-state index in [1.807, 2.05) is 0 Å². The van der Waals surface area contributed by atoms with Crippen molar-refractivity contribution in [2.24, 2.45) is 0 Å². The number of carbonyl (C=O) groups excluding carboxylic acids is 1. The van der Waals surface area contributed by atoms with Crippen molar-refractivity contribution < 1.29 is 17.9 Å². The smallest absolute Gasteiger partial charge is 0.264 e. The normalized spacial score (nSPS) is 18.7. The molecule has 4 aromatic rings. The van der Waals surface area contributed by atoms with Gasteiger partial charge in [0.2, 0.25) is 5.91 Å². The Morgan fingerprint density at radius 3 is 2.81 bits per heavy atom. The van der Waals surface area contributed by atoms with Gasteiger partial charge in [-0.05, 0) is 56.1 Å². The zero-order chi connectivity index (χ0) is 30.3. The lowest BCUT2D eigenvalue weighted by Gasteiger charge is -2.31. The number of amides is 1. The Morgan fingerprint density at radius 2 is 2.00 bits per heavy atom. The van der Waals surface area contributed by atoms with Gasteiger partial charge in [-0.1, -0.05) is 47.1 Å². The van der Waals surface area contributed by atoms with Crippen LogP contribution in [-0.2, 0) is 27.8 Å². The lowest BCUT2D eigenvalue weighted by atomic mass is 9.98. The number of aromatic nitrogens is 3. The van der Waals surface area contributed by atoms with E-state index < -0.39 is 22.0 Å². The van der Waals surface area contributed by atoms with E-state index in [0.29, 0.717) is 35.2 Å². The van der Waals surface area contributed by atoms with Gasteiger partial charge in [0.15, 0.2) is 0 Å². The minimum Gasteiger partial charge on any atom is -0.493 e. The predicted octanol–water partition coefficient (Wildman–Crippen LogP) is 4.50. The van der Waals surface area contributed by atoms with Crippen LogP contribution in [0.4, 0.5) is 0 Å². The molecule has 2 aliphatic heterocycles. The summed E-state index contributed by atoms with van der Waals surface area (Å²) in [6.07, 6.45) is 5.24. The Labute approximate surface area is 255 Å². The molecule has 0 fully saturated rings. The number of hydrogen-bond acceptors (Lipinski definition) is 7. The van der Waals surface area contributed by atoms with Crippen LogP contribution in [0.15, 0.2) is 78.1 Å². The van der Waals surface area contributed by atoms with Crippen molar-refractivity contribution in [1.82, 2.24) is 29.5 Å². The number of fused-ring (bicyclic) bond motifs is 2. The molecule has 6 rings (SSSR count). The van der Waals surface area contributed by atoms with Crippen molar-refractivity contribution in [3.05, 3.63) is 95.0 Å². The summed E-state index contributed by atoms with van der Waals surface area (Å²) < 4.78 is 36.4. The summed E-state index contributed by atoms with van der Waals surface area (Å²) in [5.41, 5.74) is 2.68. The number of nitrogens with one attached hydrogen (secondary N) is 1. The molecular weight excluding hydrogens is 588 g/mol. The molecule has 0 bridgehead atoms. The average Bonchev–Trinajstić information content (AvgIpc) is 3.46. The van der Waals surface area contributed by atoms with Crippen molar-refractivity contribution in [3.8, 4) is 5.75 Å². The molecule has 0 saturated heterocycles. The van der Waals surface area contributed by atoms with Crippen LogP contribution in [0.5, 0.6) is 5.75 Å². The lowest BCUT2D eigenvalue weighted by molar-refractivity contribution is -0.124. The Bertz CT molecular complexity index is 1820. The fourth-order valence-corrected chi connectivity index (χ4v) is 7.19. The van der Waals surface area contributed by atoms with Gasteiger partial charge in [0.05, 0.1) is 23.2 Å².